The highest BCUT2D eigenvalue weighted by Crippen LogP contribution is 2.31. The summed E-state index contributed by atoms with van der Waals surface area (Å²) in [6.45, 7) is 2.94. The number of para-hydroxylation sites is 1. The molecule has 1 aromatic carbocycles. The van der Waals surface area contributed by atoms with Crippen LogP contribution >= 0.6 is 0 Å². The second-order valence-corrected chi connectivity index (χ2v) is 4.47. The van der Waals surface area contributed by atoms with Crippen molar-refractivity contribution in [3.8, 4) is 0 Å². The number of hydrazone groups is 1. The van der Waals surface area contributed by atoms with E-state index in [4.69, 9.17) is 0 Å². The zero-order chi connectivity index (χ0) is 15.1. The number of rotatable bonds is 2. The summed E-state index contributed by atoms with van der Waals surface area (Å²) in [5.41, 5.74) is 0.896. The fourth-order valence-electron chi connectivity index (χ4n) is 2.00. The summed E-state index contributed by atoms with van der Waals surface area (Å²) in [6.07, 6.45) is -5.06. The van der Waals surface area contributed by atoms with Crippen LogP contribution in [0.3, 0.4) is 0 Å². The molecule has 1 heterocycles. The Morgan fingerprint density at radius 1 is 1.25 bits per heavy atom. The van der Waals surface area contributed by atoms with Crippen LogP contribution in [-0.2, 0) is 9.59 Å². The minimum atomic E-state index is -5.06. The molecule has 7 heteroatoms. The monoisotopic (exact) mass is 284 g/mol. The Hall–Kier alpha value is -2.18. The van der Waals surface area contributed by atoms with Crippen LogP contribution in [0.1, 0.15) is 12.5 Å². The van der Waals surface area contributed by atoms with E-state index in [1.165, 1.54) is 6.92 Å². The fraction of sp³-hybridized carbons (Fsp3) is 0.308. The van der Waals surface area contributed by atoms with Gasteiger partial charge in [0.2, 0.25) is 0 Å². The van der Waals surface area contributed by atoms with Gasteiger partial charge >= 0.3 is 6.18 Å². The highest BCUT2D eigenvalue weighted by molar-refractivity contribution is 6.28. The molecule has 0 aliphatic carbocycles. The van der Waals surface area contributed by atoms with Crippen LogP contribution < -0.4 is 5.01 Å². The number of nitrogens with zero attached hydrogens (tertiary/aromatic N) is 2. The van der Waals surface area contributed by atoms with Gasteiger partial charge in [-0.05, 0) is 25.5 Å². The molecule has 1 unspecified atom stereocenters. The van der Waals surface area contributed by atoms with Gasteiger partial charge in [0.25, 0.3) is 11.7 Å². The van der Waals surface area contributed by atoms with Crippen molar-refractivity contribution in [2.24, 2.45) is 11.0 Å². The smallest absolute Gasteiger partial charge is 0.288 e. The first-order valence-electron chi connectivity index (χ1n) is 5.79. The van der Waals surface area contributed by atoms with Crippen LogP contribution in [0.25, 0.3) is 0 Å². The average Bonchev–Trinajstić information content (AvgIpc) is 2.63. The summed E-state index contributed by atoms with van der Waals surface area (Å²) in [5, 5.41) is 4.66. The van der Waals surface area contributed by atoms with Crippen molar-refractivity contribution < 1.29 is 22.8 Å². The van der Waals surface area contributed by atoms with Gasteiger partial charge in [0.1, 0.15) is 5.92 Å². The first-order chi connectivity index (χ1) is 9.23. The lowest BCUT2D eigenvalue weighted by Gasteiger charge is -2.16. The number of ketones is 1. The maximum Gasteiger partial charge on any atom is 0.451 e. The van der Waals surface area contributed by atoms with Crippen LogP contribution in [0.5, 0.6) is 0 Å². The van der Waals surface area contributed by atoms with Gasteiger partial charge in [-0.3, -0.25) is 9.59 Å². The number of alkyl halides is 3. The van der Waals surface area contributed by atoms with Crippen molar-refractivity contribution in [1.29, 1.82) is 0 Å². The predicted molar refractivity (Wildman–Crippen MR) is 66.3 cm³/mol. The van der Waals surface area contributed by atoms with Gasteiger partial charge in [-0.15, -0.1) is 0 Å². The number of carbonyl (C=O) groups is 2. The number of benzene rings is 1. The predicted octanol–water partition coefficient (Wildman–Crippen LogP) is 2.47. The van der Waals surface area contributed by atoms with E-state index in [0.29, 0.717) is 11.3 Å². The van der Waals surface area contributed by atoms with Gasteiger partial charge in [0.05, 0.1) is 11.4 Å². The van der Waals surface area contributed by atoms with Gasteiger partial charge in [0, 0.05) is 0 Å². The van der Waals surface area contributed by atoms with Crippen molar-refractivity contribution in [3.05, 3.63) is 29.8 Å². The van der Waals surface area contributed by atoms with Crippen LogP contribution in [0.2, 0.25) is 0 Å². The Labute approximate surface area is 112 Å². The molecule has 0 saturated carbocycles. The quantitative estimate of drug-likeness (QED) is 0.783. The lowest BCUT2D eigenvalue weighted by molar-refractivity contribution is -0.174. The van der Waals surface area contributed by atoms with Gasteiger partial charge < -0.3 is 0 Å². The lowest BCUT2D eigenvalue weighted by Crippen LogP contribution is -2.40. The molecule has 1 amide bonds. The van der Waals surface area contributed by atoms with E-state index in [2.05, 4.69) is 5.10 Å². The van der Waals surface area contributed by atoms with Crippen molar-refractivity contribution >= 4 is 23.1 Å². The highest BCUT2D eigenvalue weighted by Gasteiger charge is 2.51. The molecule has 0 radical (unpaired) electrons. The average molecular weight is 284 g/mol. The van der Waals surface area contributed by atoms with E-state index in [0.717, 1.165) is 5.01 Å². The van der Waals surface area contributed by atoms with Crippen LogP contribution in [0.15, 0.2) is 29.4 Å². The Bertz CT molecular complexity index is 608. The van der Waals surface area contributed by atoms with E-state index in [9.17, 15) is 22.8 Å². The van der Waals surface area contributed by atoms with E-state index < -0.39 is 23.8 Å². The topological polar surface area (TPSA) is 49.7 Å². The standard InChI is InChI=1S/C13H11F3N2O2/c1-7-5-3-4-6-9(7)18-12(20)10(8(2)17-18)11(19)13(14,15)16/h3-6,10H,1-2H3. The molecule has 0 fully saturated rings. The minimum Gasteiger partial charge on any atom is -0.288 e. The Morgan fingerprint density at radius 3 is 2.40 bits per heavy atom. The third-order valence-electron chi connectivity index (χ3n) is 3.02. The van der Waals surface area contributed by atoms with Gasteiger partial charge in [-0.1, -0.05) is 18.2 Å². The number of Topliss-reactive ketones (excluding diaryl/α,β-unsaturated/α-hetero) is 1. The summed E-state index contributed by atoms with van der Waals surface area (Å²) in [4.78, 5) is 23.3. The number of amides is 1. The molecule has 1 aliphatic rings. The molecule has 0 saturated heterocycles. The summed E-state index contributed by atoms with van der Waals surface area (Å²) >= 11 is 0. The van der Waals surface area contributed by atoms with Gasteiger partial charge in [-0.25, -0.2) is 0 Å². The first kappa shape index (κ1) is 14.2. The Kier molecular flexibility index (Phi) is 3.37. The fourth-order valence-corrected chi connectivity index (χ4v) is 2.00. The summed E-state index contributed by atoms with van der Waals surface area (Å²) in [6, 6.07) is 6.63. The van der Waals surface area contributed by atoms with E-state index in [1.54, 1.807) is 31.2 Å². The third kappa shape index (κ3) is 2.31. The van der Waals surface area contributed by atoms with Crippen LogP contribution in [0.4, 0.5) is 18.9 Å². The second kappa shape index (κ2) is 4.73. The van der Waals surface area contributed by atoms with Crippen molar-refractivity contribution in [2.45, 2.75) is 20.0 Å². The summed E-state index contributed by atoms with van der Waals surface area (Å²) in [5.74, 6) is -4.94. The minimum absolute atomic E-state index is 0.152. The van der Waals surface area contributed by atoms with Crippen molar-refractivity contribution in [2.75, 3.05) is 5.01 Å². The lowest BCUT2D eigenvalue weighted by atomic mass is 9.98. The largest absolute Gasteiger partial charge is 0.451 e. The van der Waals surface area contributed by atoms with E-state index >= 15 is 0 Å². The molecule has 0 N–H and O–H groups in total. The van der Waals surface area contributed by atoms with E-state index in [-0.39, 0.29) is 5.71 Å². The molecule has 0 bridgehead atoms. The van der Waals surface area contributed by atoms with Crippen molar-refractivity contribution in [1.82, 2.24) is 0 Å². The Morgan fingerprint density at radius 2 is 1.85 bits per heavy atom. The molecule has 1 atom stereocenters. The highest BCUT2D eigenvalue weighted by atomic mass is 19.4. The summed E-state index contributed by atoms with van der Waals surface area (Å²) < 4.78 is 37.4. The maximum atomic E-state index is 12.5. The zero-order valence-electron chi connectivity index (χ0n) is 10.7. The molecule has 1 aliphatic heterocycles. The first-order valence-corrected chi connectivity index (χ1v) is 5.79. The van der Waals surface area contributed by atoms with Gasteiger partial charge in [-0.2, -0.15) is 23.3 Å². The number of hydrogen-bond acceptors (Lipinski definition) is 3. The molecule has 2 rings (SSSR count). The van der Waals surface area contributed by atoms with Crippen LogP contribution in [-0.4, -0.2) is 23.6 Å². The molecule has 1 aromatic rings. The molecule has 0 aromatic heterocycles. The van der Waals surface area contributed by atoms with Crippen molar-refractivity contribution in [3.63, 3.8) is 0 Å². The van der Waals surface area contributed by atoms with Gasteiger partial charge in [0.15, 0.2) is 0 Å². The maximum absolute atomic E-state index is 12.5. The van der Waals surface area contributed by atoms with Crippen LogP contribution in [0, 0.1) is 12.8 Å². The molecule has 106 valence electrons. The zero-order valence-corrected chi connectivity index (χ0v) is 10.7. The molecule has 0 spiro atoms. The number of anilines is 1. The number of carbonyl (C=O) groups excluding carboxylic acids is 2. The normalized spacial score (nSPS) is 19.2. The number of halogens is 3. The second-order valence-electron chi connectivity index (χ2n) is 4.47. The number of hydrogen-bond donors (Lipinski definition) is 0. The SMILES string of the molecule is CC1=NN(c2ccccc2C)C(=O)C1C(=O)C(F)(F)F. The third-order valence-corrected chi connectivity index (χ3v) is 3.02. The molecular weight excluding hydrogens is 273 g/mol. The molecule has 4 nitrogen and oxygen atoms in total. The Balaban J connectivity index is 2.38. The number of aryl methyl sites for hydroxylation is 1. The molecule has 20 heavy (non-hydrogen) atoms. The summed E-state index contributed by atoms with van der Waals surface area (Å²) in [7, 11) is 0. The molecular formula is C13H11F3N2O2. The van der Waals surface area contributed by atoms with E-state index in [1.807, 2.05) is 0 Å².